The highest BCUT2D eigenvalue weighted by atomic mass is 32.3. The Morgan fingerprint density at radius 3 is 1.94 bits per heavy atom. The van der Waals surface area contributed by atoms with Gasteiger partial charge in [0.05, 0.1) is 6.54 Å². The largest absolute Gasteiger partial charge is 0.413 e. The fourth-order valence-electron chi connectivity index (χ4n) is 0.700. The van der Waals surface area contributed by atoms with Crippen molar-refractivity contribution in [3.05, 3.63) is 23.9 Å². The molecule has 0 aromatic rings. The Balaban J connectivity index is 0.000000302. The second kappa shape index (κ2) is 6.09. The van der Waals surface area contributed by atoms with Gasteiger partial charge in [0.2, 0.25) is 0 Å². The summed E-state index contributed by atoms with van der Waals surface area (Å²) in [6.07, 6.45) is 5.94. The van der Waals surface area contributed by atoms with E-state index >= 15 is 0 Å². The molecule has 0 saturated carbocycles. The Hall–Kier alpha value is -0.980. The molecule has 0 fully saturated rings. The summed E-state index contributed by atoms with van der Waals surface area (Å²) in [6.45, 7) is 2.89. The molecule has 1 aliphatic rings. The maximum Gasteiger partial charge on any atom is 0.413 e. The lowest BCUT2D eigenvalue weighted by Gasteiger charge is -2.14. The van der Waals surface area contributed by atoms with Gasteiger partial charge in [0, 0.05) is 6.20 Å². The first-order valence-electron chi connectivity index (χ1n) is 4.02. The van der Waals surface area contributed by atoms with Gasteiger partial charge in [-0.05, 0) is 13.0 Å². The molecule has 0 aromatic carbocycles. The lowest BCUT2D eigenvalue weighted by Crippen LogP contribution is -2.26. The summed E-state index contributed by atoms with van der Waals surface area (Å²) in [5.41, 5.74) is 1.28. The summed E-state index contributed by atoms with van der Waals surface area (Å²) in [7, 11) is -10.2. The van der Waals surface area contributed by atoms with Crippen molar-refractivity contribution in [1.29, 1.82) is 0 Å². The Morgan fingerprint density at radius 2 is 1.76 bits per heavy atom. The number of rotatable bonds is 2. The third-order valence-corrected chi connectivity index (χ3v) is 2.70. The highest BCUT2D eigenvalue weighted by Crippen LogP contribution is 2.00. The summed E-state index contributed by atoms with van der Waals surface area (Å²) < 4.78 is 55.6. The molecule has 11 heteroatoms. The molecule has 100 valence electrons. The van der Waals surface area contributed by atoms with Crippen molar-refractivity contribution < 1.29 is 29.6 Å². The number of nitrogens with zero attached hydrogens (tertiary/aromatic N) is 1. The lowest BCUT2D eigenvalue weighted by molar-refractivity contribution is 0.344. The van der Waals surface area contributed by atoms with E-state index in [9.17, 15) is 16.8 Å². The minimum Gasteiger partial charge on any atom is -0.314 e. The van der Waals surface area contributed by atoms with Crippen LogP contribution in [0.3, 0.4) is 0 Å². The summed E-state index contributed by atoms with van der Waals surface area (Å²) >= 11 is 0. The smallest absolute Gasteiger partial charge is 0.314 e. The first-order valence-corrected chi connectivity index (χ1v) is 6.75. The van der Waals surface area contributed by atoms with Crippen LogP contribution in [0, 0.1) is 0 Å². The Kier molecular flexibility index (Phi) is 5.74. The van der Waals surface area contributed by atoms with Crippen LogP contribution in [0.4, 0.5) is 0 Å². The number of allylic oxidation sites excluding steroid dienone is 2. The fraction of sp³-hybridized carbons (Fsp3) is 0.333. The van der Waals surface area contributed by atoms with Crippen molar-refractivity contribution in [3.63, 3.8) is 0 Å². The molecule has 4 N–H and O–H groups in total. The highest BCUT2D eigenvalue weighted by molar-refractivity contribution is 7.94. The minimum absolute atomic E-state index is 0.836. The molecule has 0 aliphatic carbocycles. The molecule has 1 aliphatic heterocycles. The van der Waals surface area contributed by atoms with Crippen LogP contribution in [0.15, 0.2) is 23.9 Å². The van der Waals surface area contributed by atoms with Crippen LogP contribution >= 0.6 is 0 Å². The number of nitrogens with two attached hydrogens (primary N) is 1. The summed E-state index contributed by atoms with van der Waals surface area (Å²) in [6, 6.07) is 0. The Labute approximate surface area is 99.0 Å². The van der Waals surface area contributed by atoms with Gasteiger partial charge in [-0.2, -0.15) is 16.8 Å². The van der Waals surface area contributed by atoms with E-state index in [4.69, 9.17) is 14.9 Å². The Bertz CT molecular complexity index is 474. The van der Waals surface area contributed by atoms with Gasteiger partial charge in [0.25, 0.3) is 0 Å². The molecule has 0 unspecified atom stereocenters. The molecule has 0 saturated heterocycles. The molecule has 0 bridgehead atoms. The molecule has 1 rings (SSSR count). The van der Waals surface area contributed by atoms with Crippen molar-refractivity contribution in [1.82, 2.24) is 5.01 Å². The van der Waals surface area contributed by atoms with E-state index in [1.165, 1.54) is 5.57 Å². The fourth-order valence-corrected chi connectivity index (χ4v) is 1.57. The van der Waals surface area contributed by atoms with Gasteiger partial charge in [-0.3, -0.25) is 9.11 Å². The predicted octanol–water partition coefficient (Wildman–Crippen LogP) is -0.756. The molecule has 17 heavy (non-hydrogen) atoms. The molecule has 0 spiro atoms. The first-order chi connectivity index (χ1) is 7.49. The average molecular weight is 288 g/mol. The third kappa shape index (κ3) is 11.3. The average Bonchev–Trinajstić information content (AvgIpc) is 2.04. The quantitative estimate of drug-likeness (QED) is 0.440. The molecular formula is C6H12N2O7S2. The highest BCUT2D eigenvalue weighted by Gasteiger charge is 2.15. The molecule has 1 heterocycles. The molecular weight excluding hydrogens is 276 g/mol. The van der Waals surface area contributed by atoms with Crippen LogP contribution in [-0.4, -0.2) is 37.5 Å². The van der Waals surface area contributed by atoms with Gasteiger partial charge < -0.3 is 5.01 Å². The predicted molar refractivity (Wildman–Crippen MR) is 58.0 cm³/mol. The number of hydrogen-bond donors (Lipinski definition) is 3. The second-order valence-corrected chi connectivity index (χ2v) is 5.14. The number of hydrogen-bond acceptors (Lipinski definition) is 7. The van der Waals surface area contributed by atoms with Crippen LogP contribution in [0.2, 0.25) is 0 Å². The molecule has 0 aromatic heterocycles. The zero-order valence-corrected chi connectivity index (χ0v) is 10.3. The molecule has 9 nitrogen and oxygen atoms in total. The van der Waals surface area contributed by atoms with E-state index < -0.39 is 20.8 Å². The van der Waals surface area contributed by atoms with E-state index in [-0.39, 0.29) is 0 Å². The minimum atomic E-state index is -5.12. The van der Waals surface area contributed by atoms with Crippen LogP contribution in [0.5, 0.6) is 0 Å². The van der Waals surface area contributed by atoms with Crippen molar-refractivity contribution in [2.75, 3.05) is 6.54 Å². The zero-order valence-electron chi connectivity index (χ0n) is 8.72. The second-order valence-electron chi connectivity index (χ2n) is 2.88. The third-order valence-electron chi connectivity index (χ3n) is 1.32. The maximum absolute atomic E-state index is 9.44. The molecule has 0 amide bonds. The van der Waals surface area contributed by atoms with Crippen molar-refractivity contribution in [2.45, 2.75) is 6.92 Å². The number of hydrazine groups is 1. The summed E-state index contributed by atoms with van der Waals surface area (Å²) in [5, 5.41) is 1.65. The van der Waals surface area contributed by atoms with Crippen LogP contribution in [0.25, 0.3) is 0 Å². The summed E-state index contributed by atoms with van der Waals surface area (Å²) in [4.78, 5) is 0. The van der Waals surface area contributed by atoms with Crippen LogP contribution in [-0.2, 0) is 24.4 Å². The van der Waals surface area contributed by atoms with E-state index in [0.717, 1.165) is 6.54 Å². The van der Waals surface area contributed by atoms with E-state index in [1.807, 2.05) is 12.3 Å². The maximum atomic E-state index is 9.44. The standard InChI is InChI=1S/C6H10N2.H2O7S2/c1-6-2-4-8(7)5-3-6;1-8(2,3)7-9(4,5)6/h2-4H,5,7H2,1H3;(H,1,2,3)(H,4,5,6). The lowest BCUT2D eigenvalue weighted by atomic mass is 10.2. The van der Waals surface area contributed by atoms with Crippen molar-refractivity contribution >= 4 is 20.8 Å². The SMILES string of the molecule is CC1=CCN(N)C=C1.O=S(=O)(O)OS(=O)(=O)O. The van der Waals surface area contributed by atoms with E-state index in [0.29, 0.717) is 0 Å². The van der Waals surface area contributed by atoms with Gasteiger partial charge >= 0.3 is 20.8 Å². The van der Waals surface area contributed by atoms with Gasteiger partial charge in [-0.1, -0.05) is 11.6 Å². The zero-order chi connectivity index (χ0) is 13.7. The Morgan fingerprint density at radius 1 is 1.29 bits per heavy atom. The van der Waals surface area contributed by atoms with Crippen molar-refractivity contribution in [2.24, 2.45) is 5.84 Å². The monoisotopic (exact) mass is 288 g/mol. The van der Waals surface area contributed by atoms with Gasteiger partial charge in [0.15, 0.2) is 0 Å². The topological polar surface area (TPSA) is 147 Å². The molecule has 0 radical (unpaired) electrons. The van der Waals surface area contributed by atoms with Gasteiger partial charge in [-0.25, -0.2) is 5.84 Å². The molecule has 0 atom stereocenters. The summed E-state index contributed by atoms with van der Waals surface area (Å²) in [5.74, 6) is 5.40. The van der Waals surface area contributed by atoms with Gasteiger partial charge in [-0.15, -0.1) is 3.63 Å². The van der Waals surface area contributed by atoms with E-state index in [2.05, 4.69) is 16.6 Å². The van der Waals surface area contributed by atoms with Crippen LogP contribution in [0.1, 0.15) is 6.92 Å². The van der Waals surface area contributed by atoms with Gasteiger partial charge in [0.1, 0.15) is 0 Å². The first kappa shape index (κ1) is 16.0. The normalized spacial score (nSPS) is 16.0. The van der Waals surface area contributed by atoms with E-state index in [1.54, 1.807) is 5.01 Å². The van der Waals surface area contributed by atoms with Crippen LogP contribution < -0.4 is 5.84 Å². The van der Waals surface area contributed by atoms with Crippen molar-refractivity contribution in [3.8, 4) is 0 Å².